The lowest BCUT2D eigenvalue weighted by Gasteiger charge is -2.21. The molecule has 0 bridgehead atoms. The van der Waals surface area contributed by atoms with Crippen molar-refractivity contribution in [1.29, 1.82) is 0 Å². The lowest BCUT2D eigenvalue weighted by molar-refractivity contribution is 0.379. The molecule has 4 nitrogen and oxygen atoms in total. The maximum Gasteiger partial charge on any atom is 0.140 e. The van der Waals surface area contributed by atoms with E-state index in [-0.39, 0.29) is 0 Å². The highest BCUT2D eigenvalue weighted by atomic mass is 35.5. The minimum absolute atomic E-state index is 0.444. The van der Waals surface area contributed by atoms with Crippen LogP contribution in [-0.2, 0) is 13.1 Å². The van der Waals surface area contributed by atoms with E-state index >= 15 is 0 Å². The van der Waals surface area contributed by atoms with Crippen molar-refractivity contribution in [2.75, 3.05) is 5.88 Å². The van der Waals surface area contributed by atoms with Gasteiger partial charge in [-0.15, -0.1) is 11.6 Å². The Labute approximate surface area is 109 Å². The molecule has 5 heteroatoms. The molecule has 0 aliphatic carbocycles. The molecule has 98 valence electrons. The first-order valence-electron chi connectivity index (χ1n) is 6.35. The number of nitrogens with zero attached hydrogens (tertiary/aromatic N) is 3. The van der Waals surface area contributed by atoms with Gasteiger partial charge in [-0.05, 0) is 18.8 Å². The number of alkyl halides is 1. The fourth-order valence-electron chi connectivity index (χ4n) is 1.83. The van der Waals surface area contributed by atoms with E-state index in [2.05, 4.69) is 36.2 Å². The Balaban J connectivity index is 2.49. The molecule has 0 amide bonds. The van der Waals surface area contributed by atoms with Gasteiger partial charge in [-0.3, -0.25) is 0 Å². The summed E-state index contributed by atoms with van der Waals surface area (Å²) in [5.74, 6) is 2.28. The molecule has 0 aromatic carbocycles. The van der Waals surface area contributed by atoms with Gasteiger partial charge in [0.2, 0.25) is 0 Å². The van der Waals surface area contributed by atoms with Crippen LogP contribution in [0.1, 0.15) is 39.4 Å². The van der Waals surface area contributed by atoms with Crippen LogP contribution in [-0.4, -0.2) is 26.7 Å². The highest BCUT2D eigenvalue weighted by Crippen LogP contribution is 2.08. The first-order chi connectivity index (χ1) is 8.19. The summed E-state index contributed by atoms with van der Waals surface area (Å²) in [6.45, 7) is 8.25. The van der Waals surface area contributed by atoms with Gasteiger partial charge in [-0.2, -0.15) is 5.10 Å². The van der Waals surface area contributed by atoms with E-state index in [1.807, 2.05) is 4.68 Å². The van der Waals surface area contributed by atoms with Crippen molar-refractivity contribution < 1.29 is 0 Å². The molecule has 1 N–H and O–H groups in total. The maximum absolute atomic E-state index is 5.81. The summed E-state index contributed by atoms with van der Waals surface area (Å²) in [4.78, 5) is 4.28. The van der Waals surface area contributed by atoms with E-state index in [0.717, 1.165) is 31.8 Å². The topological polar surface area (TPSA) is 42.7 Å². The standard InChI is InChI=1S/C12H23ClN4/c1-4-7-17-12(15-9-16-17)8-14-11(5-6-13)10(2)3/h9-11,14H,4-8H2,1-3H3. The van der Waals surface area contributed by atoms with Gasteiger partial charge in [0, 0.05) is 18.5 Å². The SMILES string of the molecule is CCCn1ncnc1CNC(CCCl)C(C)C. The van der Waals surface area contributed by atoms with Gasteiger partial charge in [0.25, 0.3) is 0 Å². The average Bonchev–Trinajstić information content (AvgIpc) is 2.72. The Morgan fingerprint density at radius 2 is 2.24 bits per heavy atom. The Kier molecular flexibility index (Phi) is 6.52. The van der Waals surface area contributed by atoms with E-state index in [1.165, 1.54) is 0 Å². The molecular weight excluding hydrogens is 236 g/mol. The van der Waals surface area contributed by atoms with E-state index in [4.69, 9.17) is 11.6 Å². The van der Waals surface area contributed by atoms with Gasteiger partial charge in [0.05, 0.1) is 6.54 Å². The molecule has 1 heterocycles. The van der Waals surface area contributed by atoms with E-state index in [0.29, 0.717) is 17.8 Å². The molecule has 0 aliphatic rings. The van der Waals surface area contributed by atoms with Crippen molar-refractivity contribution in [3.05, 3.63) is 12.2 Å². The fourth-order valence-corrected chi connectivity index (χ4v) is 2.07. The summed E-state index contributed by atoms with van der Waals surface area (Å²) in [5, 5.41) is 7.73. The number of hydrogen-bond acceptors (Lipinski definition) is 3. The van der Waals surface area contributed by atoms with Crippen molar-refractivity contribution in [3.8, 4) is 0 Å². The first kappa shape index (κ1) is 14.5. The molecule has 0 aliphatic heterocycles. The highest BCUT2D eigenvalue weighted by molar-refractivity contribution is 6.17. The zero-order valence-electron chi connectivity index (χ0n) is 11.0. The molecule has 0 fully saturated rings. The minimum atomic E-state index is 0.444. The Bertz CT molecular complexity index is 311. The summed E-state index contributed by atoms with van der Waals surface area (Å²) >= 11 is 5.81. The van der Waals surface area contributed by atoms with Crippen LogP contribution in [0.2, 0.25) is 0 Å². The second-order valence-electron chi connectivity index (χ2n) is 4.61. The Morgan fingerprint density at radius 3 is 2.82 bits per heavy atom. The third-order valence-electron chi connectivity index (χ3n) is 2.88. The largest absolute Gasteiger partial charge is 0.307 e. The zero-order valence-corrected chi connectivity index (χ0v) is 11.7. The zero-order chi connectivity index (χ0) is 12.7. The summed E-state index contributed by atoms with van der Waals surface area (Å²) in [6.07, 6.45) is 3.69. The number of rotatable bonds is 8. The Morgan fingerprint density at radius 1 is 1.47 bits per heavy atom. The molecule has 1 aromatic heterocycles. The molecule has 0 spiro atoms. The molecular formula is C12H23ClN4. The molecule has 0 saturated heterocycles. The summed E-state index contributed by atoms with van der Waals surface area (Å²) < 4.78 is 1.96. The monoisotopic (exact) mass is 258 g/mol. The van der Waals surface area contributed by atoms with Crippen LogP contribution in [0.25, 0.3) is 0 Å². The van der Waals surface area contributed by atoms with Crippen LogP contribution in [0.3, 0.4) is 0 Å². The summed E-state index contributed by atoms with van der Waals surface area (Å²) in [6, 6.07) is 0.444. The molecule has 17 heavy (non-hydrogen) atoms. The Hall–Kier alpha value is -0.610. The van der Waals surface area contributed by atoms with Gasteiger partial charge in [-0.1, -0.05) is 20.8 Å². The second-order valence-corrected chi connectivity index (χ2v) is 4.99. The summed E-state index contributed by atoms with van der Waals surface area (Å²) in [5.41, 5.74) is 0. The third-order valence-corrected chi connectivity index (χ3v) is 3.10. The smallest absolute Gasteiger partial charge is 0.140 e. The fraction of sp³-hybridized carbons (Fsp3) is 0.833. The number of halogens is 1. The van der Waals surface area contributed by atoms with Gasteiger partial charge < -0.3 is 5.32 Å². The van der Waals surface area contributed by atoms with Crippen molar-refractivity contribution >= 4 is 11.6 Å². The van der Waals surface area contributed by atoms with Crippen LogP contribution in [0.5, 0.6) is 0 Å². The van der Waals surface area contributed by atoms with Crippen molar-refractivity contribution in [1.82, 2.24) is 20.1 Å². The quantitative estimate of drug-likeness (QED) is 0.729. The number of nitrogens with one attached hydrogen (secondary N) is 1. The van der Waals surface area contributed by atoms with Crippen LogP contribution in [0, 0.1) is 5.92 Å². The van der Waals surface area contributed by atoms with Crippen LogP contribution in [0.15, 0.2) is 6.33 Å². The van der Waals surface area contributed by atoms with E-state index in [1.54, 1.807) is 6.33 Å². The lowest BCUT2D eigenvalue weighted by Crippen LogP contribution is -2.34. The predicted molar refractivity (Wildman–Crippen MR) is 71.1 cm³/mol. The number of aryl methyl sites for hydroxylation is 1. The molecule has 1 aromatic rings. The van der Waals surface area contributed by atoms with Crippen molar-refractivity contribution in [2.24, 2.45) is 5.92 Å². The van der Waals surface area contributed by atoms with Crippen molar-refractivity contribution in [3.63, 3.8) is 0 Å². The van der Waals surface area contributed by atoms with E-state index in [9.17, 15) is 0 Å². The molecule has 1 rings (SSSR count). The summed E-state index contributed by atoms with van der Waals surface area (Å²) in [7, 11) is 0. The molecule has 1 atom stereocenters. The molecule has 0 radical (unpaired) electrons. The number of hydrogen-bond donors (Lipinski definition) is 1. The lowest BCUT2D eigenvalue weighted by atomic mass is 10.0. The van der Waals surface area contributed by atoms with Gasteiger partial charge in [-0.25, -0.2) is 9.67 Å². The van der Waals surface area contributed by atoms with Crippen LogP contribution in [0.4, 0.5) is 0 Å². The maximum atomic E-state index is 5.81. The van der Waals surface area contributed by atoms with Gasteiger partial charge >= 0.3 is 0 Å². The molecule has 1 unspecified atom stereocenters. The first-order valence-corrected chi connectivity index (χ1v) is 6.88. The van der Waals surface area contributed by atoms with Crippen LogP contribution >= 0.6 is 11.6 Å². The highest BCUT2D eigenvalue weighted by Gasteiger charge is 2.13. The third kappa shape index (κ3) is 4.64. The van der Waals surface area contributed by atoms with Crippen molar-refractivity contribution in [2.45, 2.75) is 52.7 Å². The normalized spacial score (nSPS) is 13.2. The molecule has 0 saturated carbocycles. The predicted octanol–water partition coefficient (Wildman–Crippen LogP) is 2.43. The van der Waals surface area contributed by atoms with Crippen LogP contribution < -0.4 is 5.32 Å². The van der Waals surface area contributed by atoms with E-state index < -0.39 is 0 Å². The minimum Gasteiger partial charge on any atom is -0.307 e. The average molecular weight is 259 g/mol. The van der Waals surface area contributed by atoms with Gasteiger partial charge in [0.1, 0.15) is 12.2 Å². The second kappa shape index (κ2) is 7.67. The number of aromatic nitrogens is 3. The van der Waals surface area contributed by atoms with Gasteiger partial charge in [0.15, 0.2) is 0 Å².